The highest BCUT2D eigenvalue weighted by molar-refractivity contribution is 7.07. The Hall–Kier alpha value is -1.19. The lowest BCUT2D eigenvalue weighted by Crippen LogP contribution is -1.97. The summed E-state index contributed by atoms with van der Waals surface area (Å²) in [6.07, 6.45) is -0.725. The number of aliphatic hydroxyl groups excluding tert-OH is 1. The number of hydrogen-bond donors (Lipinski definition) is 1. The van der Waals surface area contributed by atoms with Crippen molar-refractivity contribution in [2.24, 2.45) is 0 Å². The zero-order chi connectivity index (χ0) is 9.97. The van der Waals surface area contributed by atoms with E-state index in [1.54, 1.807) is 12.1 Å². The van der Waals surface area contributed by atoms with Gasteiger partial charge in [0.15, 0.2) is 0 Å². The van der Waals surface area contributed by atoms with Gasteiger partial charge in [-0.05, 0) is 40.1 Å². The number of thiophene rings is 1. The van der Waals surface area contributed by atoms with Gasteiger partial charge in [0.1, 0.15) is 11.9 Å². The maximum absolute atomic E-state index is 12.9. The van der Waals surface area contributed by atoms with Crippen molar-refractivity contribution in [1.29, 1.82) is 0 Å². The van der Waals surface area contributed by atoms with Crippen LogP contribution in [-0.4, -0.2) is 5.11 Å². The Kier molecular flexibility index (Phi) is 2.61. The van der Waals surface area contributed by atoms with Gasteiger partial charge in [0.25, 0.3) is 0 Å². The molecule has 0 amide bonds. The van der Waals surface area contributed by atoms with Crippen molar-refractivity contribution in [3.05, 3.63) is 58.0 Å². The second-order valence-electron chi connectivity index (χ2n) is 3.01. The van der Waals surface area contributed by atoms with Gasteiger partial charge in [-0.3, -0.25) is 0 Å². The Bertz CT molecular complexity index is 411. The smallest absolute Gasteiger partial charge is 0.123 e. The van der Waals surface area contributed by atoms with Crippen molar-refractivity contribution in [3.63, 3.8) is 0 Å². The summed E-state index contributed by atoms with van der Waals surface area (Å²) in [4.78, 5) is 0. The van der Waals surface area contributed by atoms with E-state index in [4.69, 9.17) is 0 Å². The van der Waals surface area contributed by atoms with Crippen molar-refractivity contribution < 1.29 is 9.50 Å². The van der Waals surface area contributed by atoms with E-state index in [-0.39, 0.29) is 5.82 Å². The van der Waals surface area contributed by atoms with Crippen molar-refractivity contribution in [2.45, 2.75) is 6.10 Å². The molecule has 0 radical (unpaired) electrons. The fourth-order valence-corrected chi connectivity index (χ4v) is 1.98. The number of benzene rings is 1. The minimum absolute atomic E-state index is 0.322. The molecule has 72 valence electrons. The van der Waals surface area contributed by atoms with Crippen LogP contribution >= 0.6 is 11.3 Å². The molecule has 1 aromatic carbocycles. The number of aliphatic hydroxyl groups is 1. The second-order valence-corrected chi connectivity index (χ2v) is 3.79. The van der Waals surface area contributed by atoms with Gasteiger partial charge in [-0.1, -0.05) is 12.1 Å². The van der Waals surface area contributed by atoms with Crippen LogP contribution in [0.3, 0.4) is 0 Å². The lowest BCUT2D eigenvalue weighted by Gasteiger charge is -2.08. The lowest BCUT2D eigenvalue weighted by molar-refractivity contribution is 0.220. The molecule has 0 saturated heterocycles. The fourth-order valence-electron chi connectivity index (χ4n) is 1.30. The average Bonchev–Trinajstić information content (AvgIpc) is 2.69. The third-order valence-corrected chi connectivity index (χ3v) is 2.72. The third-order valence-electron chi connectivity index (χ3n) is 2.02. The summed E-state index contributed by atoms with van der Waals surface area (Å²) < 4.78 is 12.9. The van der Waals surface area contributed by atoms with Gasteiger partial charge in [0.05, 0.1) is 0 Å². The van der Waals surface area contributed by atoms with Crippen molar-refractivity contribution in [3.8, 4) is 0 Å². The van der Waals surface area contributed by atoms with E-state index in [9.17, 15) is 9.50 Å². The Morgan fingerprint density at radius 2 is 2.07 bits per heavy atom. The predicted molar refractivity (Wildman–Crippen MR) is 54.8 cm³/mol. The summed E-state index contributed by atoms with van der Waals surface area (Å²) >= 11 is 1.51. The monoisotopic (exact) mass is 208 g/mol. The summed E-state index contributed by atoms with van der Waals surface area (Å²) in [6, 6.07) is 7.86. The highest BCUT2D eigenvalue weighted by atomic mass is 32.1. The first-order chi connectivity index (χ1) is 6.77. The quantitative estimate of drug-likeness (QED) is 0.804. The van der Waals surface area contributed by atoms with Gasteiger partial charge in [-0.15, -0.1) is 0 Å². The zero-order valence-electron chi connectivity index (χ0n) is 7.35. The average molecular weight is 208 g/mol. The van der Waals surface area contributed by atoms with Gasteiger partial charge >= 0.3 is 0 Å². The van der Waals surface area contributed by atoms with E-state index in [1.807, 2.05) is 16.8 Å². The zero-order valence-corrected chi connectivity index (χ0v) is 8.17. The minimum Gasteiger partial charge on any atom is -0.384 e. The molecule has 0 aliphatic rings. The molecule has 0 fully saturated rings. The van der Waals surface area contributed by atoms with Crippen LogP contribution in [0.15, 0.2) is 41.1 Å². The molecule has 1 heterocycles. The first-order valence-corrected chi connectivity index (χ1v) is 5.17. The molecule has 1 nitrogen and oxygen atoms in total. The predicted octanol–water partition coefficient (Wildman–Crippen LogP) is 2.97. The Labute approximate surface area is 85.5 Å². The fraction of sp³-hybridized carbons (Fsp3) is 0.0909. The molecule has 0 saturated carbocycles. The molecule has 1 N–H and O–H groups in total. The van der Waals surface area contributed by atoms with Crippen LogP contribution in [0.1, 0.15) is 17.2 Å². The summed E-state index contributed by atoms with van der Waals surface area (Å²) in [6.45, 7) is 0. The van der Waals surface area contributed by atoms with Crippen LogP contribution < -0.4 is 0 Å². The van der Waals surface area contributed by atoms with Crippen molar-refractivity contribution in [1.82, 2.24) is 0 Å². The number of halogens is 1. The van der Waals surface area contributed by atoms with E-state index in [2.05, 4.69) is 0 Å². The molecule has 0 bridgehead atoms. The van der Waals surface area contributed by atoms with Crippen LogP contribution in [0.2, 0.25) is 0 Å². The molecular formula is C11H9FOS. The van der Waals surface area contributed by atoms with E-state index in [1.165, 1.54) is 23.5 Å². The van der Waals surface area contributed by atoms with Crippen LogP contribution in [0.25, 0.3) is 0 Å². The third kappa shape index (κ3) is 1.84. The largest absolute Gasteiger partial charge is 0.384 e. The molecule has 14 heavy (non-hydrogen) atoms. The maximum atomic E-state index is 12.9. The molecule has 0 unspecified atom stereocenters. The molecule has 0 spiro atoms. The molecular weight excluding hydrogens is 199 g/mol. The molecule has 2 aromatic rings. The molecule has 2 rings (SSSR count). The summed E-state index contributed by atoms with van der Waals surface area (Å²) in [7, 11) is 0. The Balaban J connectivity index is 2.32. The molecule has 3 heteroatoms. The first-order valence-electron chi connectivity index (χ1n) is 4.23. The van der Waals surface area contributed by atoms with Crippen LogP contribution in [0, 0.1) is 5.82 Å². The number of rotatable bonds is 2. The second kappa shape index (κ2) is 3.90. The van der Waals surface area contributed by atoms with E-state index >= 15 is 0 Å². The van der Waals surface area contributed by atoms with E-state index in [0.29, 0.717) is 5.56 Å². The molecule has 0 aliphatic heterocycles. The van der Waals surface area contributed by atoms with Crippen molar-refractivity contribution >= 4 is 11.3 Å². The number of hydrogen-bond acceptors (Lipinski definition) is 2. The molecule has 1 aromatic heterocycles. The van der Waals surface area contributed by atoms with Gasteiger partial charge in [-0.2, -0.15) is 11.3 Å². The van der Waals surface area contributed by atoms with Crippen LogP contribution in [0.5, 0.6) is 0 Å². The van der Waals surface area contributed by atoms with Gasteiger partial charge < -0.3 is 5.11 Å². The molecule has 0 aliphatic carbocycles. The van der Waals surface area contributed by atoms with Gasteiger partial charge in [-0.25, -0.2) is 4.39 Å². The van der Waals surface area contributed by atoms with Gasteiger partial charge in [0, 0.05) is 0 Å². The lowest BCUT2D eigenvalue weighted by atomic mass is 10.0. The van der Waals surface area contributed by atoms with Crippen molar-refractivity contribution in [2.75, 3.05) is 0 Å². The Morgan fingerprint density at radius 3 is 2.71 bits per heavy atom. The summed E-state index contributed by atoms with van der Waals surface area (Å²) in [5.41, 5.74) is 1.39. The highest BCUT2D eigenvalue weighted by Crippen LogP contribution is 2.23. The van der Waals surface area contributed by atoms with Gasteiger partial charge in [0.2, 0.25) is 0 Å². The first kappa shape index (κ1) is 9.37. The Morgan fingerprint density at radius 1 is 1.21 bits per heavy atom. The van der Waals surface area contributed by atoms with E-state index in [0.717, 1.165) is 5.56 Å². The standard InChI is InChI=1S/C11H9FOS/c12-10-3-1-2-8(6-10)11(13)9-4-5-14-7-9/h1-7,11,13H/t11-/m1/s1. The van der Waals surface area contributed by atoms with Crippen LogP contribution in [-0.2, 0) is 0 Å². The normalized spacial score (nSPS) is 12.7. The minimum atomic E-state index is -0.725. The highest BCUT2D eigenvalue weighted by Gasteiger charge is 2.10. The topological polar surface area (TPSA) is 20.2 Å². The maximum Gasteiger partial charge on any atom is 0.123 e. The van der Waals surface area contributed by atoms with Crippen LogP contribution in [0.4, 0.5) is 4.39 Å². The molecule has 1 atom stereocenters. The summed E-state index contributed by atoms with van der Waals surface area (Å²) in [5.74, 6) is -0.322. The SMILES string of the molecule is O[C@@H](c1ccsc1)c1cccc(F)c1. The summed E-state index contributed by atoms with van der Waals surface area (Å²) in [5, 5.41) is 13.6. The van der Waals surface area contributed by atoms with E-state index < -0.39 is 6.10 Å².